The molecule has 1 fully saturated rings. The van der Waals surface area contributed by atoms with Crippen molar-refractivity contribution in [3.8, 4) is 5.75 Å². The van der Waals surface area contributed by atoms with Gasteiger partial charge in [0, 0.05) is 18.3 Å². The molecule has 100 valence electrons. The molecule has 2 rings (SSSR count). The summed E-state index contributed by atoms with van der Waals surface area (Å²) in [5, 5.41) is 0.676. The summed E-state index contributed by atoms with van der Waals surface area (Å²) in [7, 11) is 3.96. The van der Waals surface area contributed by atoms with E-state index in [1.165, 1.54) is 12.1 Å². The summed E-state index contributed by atoms with van der Waals surface area (Å²) in [6.45, 7) is 6.91. The lowest BCUT2D eigenvalue weighted by molar-refractivity contribution is 0.278. The Hall–Kier alpha value is -0.670. The van der Waals surface area contributed by atoms with Crippen molar-refractivity contribution < 1.29 is 4.74 Å². The number of ether oxygens (including phenoxy) is 1. The lowest BCUT2D eigenvalue weighted by Crippen LogP contribution is -2.45. The van der Waals surface area contributed by atoms with Gasteiger partial charge in [-0.1, -0.05) is 26.0 Å². The molecule has 0 radical (unpaired) electrons. The predicted octanol–water partition coefficient (Wildman–Crippen LogP) is 3.37. The second-order valence-electron chi connectivity index (χ2n) is 5.21. The van der Waals surface area contributed by atoms with Crippen LogP contribution in [-0.2, 0) is 4.75 Å². The topological polar surface area (TPSA) is 12.5 Å². The fraction of sp³-hybridized carbons (Fsp3) is 0.600. The van der Waals surface area contributed by atoms with Crippen LogP contribution in [0.4, 0.5) is 0 Å². The van der Waals surface area contributed by atoms with Crippen molar-refractivity contribution in [2.75, 3.05) is 27.2 Å². The summed E-state index contributed by atoms with van der Waals surface area (Å²) in [4.78, 5) is 2.45. The lowest BCUT2D eigenvalue weighted by atomic mass is 9.94. The maximum Gasteiger partial charge on any atom is 0.119 e. The van der Waals surface area contributed by atoms with Gasteiger partial charge in [0.2, 0.25) is 0 Å². The van der Waals surface area contributed by atoms with Gasteiger partial charge in [-0.05, 0) is 31.2 Å². The highest BCUT2D eigenvalue weighted by Gasteiger charge is 2.38. The molecule has 0 saturated carbocycles. The molecule has 1 aromatic carbocycles. The van der Waals surface area contributed by atoms with Crippen LogP contribution >= 0.6 is 11.8 Å². The monoisotopic (exact) mass is 265 g/mol. The minimum Gasteiger partial charge on any atom is -0.497 e. The van der Waals surface area contributed by atoms with Gasteiger partial charge >= 0.3 is 0 Å². The van der Waals surface area contributed by atoms with Crippen LogP contribution in [0.3, 0.4) is 0 Å². The predicted molar refractivity (Wildman–Crippen MR) is 79.5 cm³/mol. The third kappa shape index (κ3) is 2.67. The van der Waals surface area contributed by atoms with Crippen LogP contribution in [0.1, 0.15) is 25.8 Å². The third-order valence-electron chi connectivity index (χ3n) is 3.69. The second-order valence-corrected chi connectivity index (χ2v) is 7.03. The first-order chi connectivity index (χ1) is 8.59. The van der Waals surface area contributed by atoms with E-state index in [9.17, 15) is 0 Å². The number of likely N-dealkylation sites (N-methyl/N-ethyl adjacent to an activating group) is 1. The number of benzene rings is 1. The zero-order chi connectivity index (χ0) is 13.2. The minimum absolute atomic E-state index is 0.209. The first-order valence-corrected chi connectivity index (χ1v) is 7.48. The Morgan fingerprint density at radius 3 is 2.89 bits per heavy atom. The van der Waals surface area contributed by atoms with Gasteiger partial charge in [0.05, 0.1) is 11.9 Å². The Balaban J connectivity index is 2.35. The van der Waals surface area contributed by atoms with Gasteiger partial charge in [0.1, 0.15) is 5.75 Å². The SMILES string of the molecule is CCC1(c2cccc(OC)c2)CN(C)C[C@@H](C)S1. The fourth-order valence-corrected chi connectivity index (χ4v) is 4.69. The molecule has 1 aromatic rings. The Kier molecular flexibility index (Phi) is 4.23. The van der Waals surface area contributed by atoms with Crippen molar-refractivity contribution in [1.82, 2.24) is 4.90 Å². The summed E-state index contributed by atoms with van der Waals surface area (Å²) < 4.78 is 5.58. The van der Waals surface area contributed by atoms with Crippen molar-refractivity contribution in [3.63, 3.8) is 0 Å². The number of methoxy groups -OCH3 is 1. The van der Waals surface area contributed by atoms with Crippen LogP contribution in [0, 0.1) is 0 Å². The zero-order valence-corrected chi connectivity index (χ0v) is 12.6. The van der Waals surface area contributed by atoms with Crippen LogP contribution in [0.2, 0.25) is 0 Å². The lowest BCUT2D eigenvalue weighted by Gasteiger charge is -2.44. The molecule has 0 aromatic heterocycles. The summed E-state index contributed by atoms with van der Waals surface area (Å²) in [5.41, 5.74) is 1.40. The smallest absolute Gasteiger partial charge is 0.119 e. The molecule has 18 heavy (non-hydrogen) atoms. The molecule has 0 spiro atoms. The average molecular weight is 265 g/mol. The van der Waals surface area contributed by atoms with Gasteiger partial charge in [-0.3, -0.25) is 0 Å². The average Bonchev–Trinajstić information content (AvgIpc) is 2.37. The maximum atomic E-state index is 5.37. The quantitative estimate of drug-likeness (QED) is 0.831. The highest BCUT2D eigenvalue weighted by Crippen LogP contribution is 2.46. The van der Waals surface area contributed by atoms with E-state index < -0.39 is 0 Å². The number of thioether (sulfide) groups is 1. The van der Waals surface area contributed by atoms with Crippen molar-refractivity contribution in [2.45, 2.75) is 30.3 Å². The van der Waals surface area contributed by atoms with Crippen molar-refractivity contribution in [2.24, 2.45) is 0 Å². The van der Waals surface area contributed by atoms with E-state index in [2.05, 4.69) is 55.8 Å². The molecule has 0 amide bonds. The van der Waals surface area contributed by atoms with E-state index >= 15 is 0 Å². The van der Waals surface area contributed by atoms with E-state index in [4.69, 9.17) is 4.74 Å². The van der Waals surface area contributed by atoms with E-state index in [0.29, 0.717) is 5.25 Å². The molecule has 1 unspecified atom stereocenters. The molecule has 1 heterocycles. The normalized spacial score (nSPS) is 29.2. The Bertz CT molecular complexity index is 397. The van der Waals surface area contributed by atoms with E-state index in [1.807, 2.05) is 6.07 Å². The van der Waals surface area contributed by atoms with Crippen LogP contribution in [0.15, 0.2) is 24.3 Å². The highest BCUT2D eigenvalue weighted by molar-refractivity contribution is 8.00. The largest absolute Gasteiger partial charge is 0.497 e. The Labute approximate surface area is 115 Å². The molecule has 1 aliphatic rings. The van der Waals surface area contributed by atoms with Crippen molar-refractivity contribution in [1.29, 1.82) is 0 Å². The zero-order valence-electron chi connectivity index (χ0n) is 11.8. The van der Waals surface area contributed by atoms with Gasteiger partial charge in [-0.25, -0.2) is 0 Å². The van der Waals surface area contributed by atoms with Gasteiger partial charge < -0.3 is 9.64 Å². The van der Waals surface area contributed by atoms with Crippen LogP contribution in [0.5, 0.6) is 5.75 Å². The minimum atomic E-state index is 0.209. The standard InChI is InChI=1S/C15H23NOS/c1-5-15(11-16(3)10-12(2)18-15)13-7-6-8-14(9-13)17-4/h6-9,12H,5,10-11H2,1-4H3/t12-,15?/m1/s1. The van der Waals surface area contributed by atoms with Gasteiger partial charge in [-0.15, -0.1) is 11.8 Å². The molecule has 2 nitrogen and oxygen atoms in total. The van der Waals surface area contributed by atoms with Gasteiger partial charge in [0.25, 0.3) is 0 Å². The molecular weight excluding hydrogens is 242 g/mol. The fourth-order valence-electron chi connectivity index (χ4n) is 2.86. The van der Waals surface area contributed by atoms with Crippen molar-refractivity contribution >= 4 is 11.8 Å². The van der Waals surface area contributed by atoms with Gasteiger partial charge in [0.15, 0.2) is 0 Å². The number of hydrogen-bond donors (Lipinski definition) is 0. The first-order valence-electron chi connectivity index (χ1n) is 6.60. The van der Waals surface area contributed by atoms with Crippen LogP contribution in [-0.4, -0.2) is 37.4 Å². The number of hydrogen-bond acceptors (Lipinski definition) is 3. The molecular formula is C15H23NOS. The number of rotatable bonds is 3. The molecule has 0 bridgehead atoms. The molecule has 1 saturated heterocycles. The Morgan fingerprint density at radius 2 is 2.28 bits per heavy atom. The highest BCUT2D eigenvalue weighted by atomic mass is 32.2. The van der Waals surface area contributed by atoms with E-state index in [0.717, 1.165) is 18.7 Å². The summed E-state index contributed by atoms with van der Waals surface area (Å²) in [6.07, 6.45) is 1.15. The van der Waals surface area contributed by atoms with E-state index in [1.54, 1.807) is 7.11 Å². The molecule has 1 aliphatic heterocycles. The Morgan fingerprint density at radius 1 is 1.50 bits per heavy atom. The summed E-state index contributed by atoms with van der Waals surface area (Å²) in [5.74, 6) is 0.960. The summed E-state index contributed by atoms with van der Waals surface area (Å²) >= 11 is 2.11. The second kappa shape index (κ2) is 5.54. The molecule has 3 heteroatoms. The van der Waals surface area contributed by atoms with E-state index in [-0.39, 0.29) is 4.75 Å². The molecule has 0 N–H and O–H groups in total. The van der Waals surface area contributed by atoms with Gasteiger partial charge in [-0.2, -0.15) is 0 Å². The van der Waals surface area contributed by atoms with Crippen LogP contribution < -0.4 is 4.74 Å². The summed E-state index contributed by atoms with van der Waals surface area (Å²) in [6, 6.07) is 8.56. The molecule has 0 aliphatic carbocycles. The van der Waals surface area contributed by atoms with Crippen molar-refractivity contribution in [3.05, 3.63) is 29.8 Å². The van der Waals surface area contributed by atoms with Crippen LogP contribution in [0.25, 0.3) is 0 Å². The molecule has 2 atom stereocenters. The third-order valence-corrected chi connectivity index (χ3v) is 5.34. The first kappa shape index (κ1) is 13.8. The maximum absolute atomic E-state index is 5.37. The number of nitrogens with zero attached hydrogens (tertiary/aromatic N) is 1.